The molecule has 0 radical (unpaired) electrons. The molecule has 0 amide bonds. The Morgan fingerprint density at radius 2 is 1.68 bits per heavy atom. The van der Waals surface area contributed by atoms with E-state index in [0.29, 0.717) is 43.7 Å². The van der Waals surface area contributed by atoms with Crippen LogP contribution < -0.4 is 0 Å². The first-order valence-electron chi connectivity index (χ1n) is 11.6. The van der Waals surface area contributed by atoms with Gasteiger partial charge in [-0.05, 0) is 74.1 Å². The molecule has 0 unspecified atom stereocenters. The fourth-order valence-electron chi connectivity index (χ4n) is 4.01. The Labute approximate surface area is 208 Å². The maximum Gasteiger partial charge on any atom is 0.243 e. The van der Waals surface area contributed by atoms with Crippen LogP contribution in [-0.4, -0.2) is 58.3 Å². The number of sulfonamides is 2. The Bertz CT molecular complexity index is 1140. The van der Waals surface area contributed by atoms with Gasteiger partial charge >= 0.3 is 0 Å². The van der Waals surface area contributed by atoms with Gasteiger partial charge < -0.3 is 4.74 Å². The third-order valence-electron chi connectivity index (χ3n) is 5.89. The van der Waals surface area contributed by atoms with Gasteiger partial charge in [0.1, 0.15) is 0 Å². The summed E-state index contributed by atoms with van der Waals surface area (Å²) in [5.74, 6) is 0.307. The highest BCUT2D eigenvalue weighted by molar-refractivity contribution is 7.89. The number of nitrogens with zero attached hydrogens (tertiary/aromatic N) is 2. The van der Waals surface area contributed by atoms with Crippen molar-refractivity contribution < 1.29 is 21.6 Å². The predicted molar refractivity (Wildman–Crippen MR) is 134 cm³/mol. The summed E-state index contributed by atoms with van der Waals surface area (Å²) in [5.41, 5.74) is 0.808. The summed E-state index contributed by atoms with van der Waals surface area (Å²) in [7, 11) is -7.51. The van der Waals surface area contributed by atoms with E-state index in [0.717, 1.165) is 18.4 Å². The minimum absolute atomic E-state index is 0.0591. The van der Waals surface area contributed by atoms with Gasteiger partial charge in [-0.3, -0.25) is 0 Å². The zero-order valence-corrected chi connectivity index (χ0v) is 22.1. The zero-order valence-electron chi connectivity index (χ0n) is 19.7. The number of benzene rings is 2. The number of halogens is 1. The molecule has 0 saturated carbocycles. The lowest BCUT2D eigenvalue weighted by Crippen LogP contribution is -2.39. The standard InChI is InChI=1S/C24H33ClN2O5S2/c1-3-32-17-5-16-27(19-21-7-9-22(25)10-8-21)34(30,31)24-13-11-23(12-14-24)33(28,29)26-15-4-6-20(2)18-26/h7-14,20H,3-6,15-19H2,1-2H3/t20-/m0/s1. The molecule has 3 rings (SSSR count). The Morgan fingerprint density at radius 3 is 2.29 bits per heavy atom. The van der Waals surface area contributed by atoms with Gasteiger partial charge in [-0.2, -0.15) is 8.61 Å². The number of hydrogen-bond donors (Lipinski definition) is 0. The second kappa shape index (κ2) is 12.0. The fraction of sp³-hybridized carbons (Fsp3) is 0.500. The summed E-state index contributed by atoms with van der Waals surface area (Å²) in [4.78, 5) is 0.171. The second-order valence-corrected chi connectivity index (χ2v) is 12.9. The molecule has 1 aliphatic heterocycles. The van der Waals surface area contributed by atoms with Gasteiger partial charge in [0, 0.05) is 44.4 Å². The van der Waals surface area contributed by atoms with E-state index < -0.39 is 20.0 Å². The van der Waals surface area contributed by atoms with Crippen LogP contribution in [0.4, 0.5) is 0 Å². The quantitative estimate of drug-likeness (QED) is 0.404. The van der Waals surface area contributed by atoms with Gasteiger partial charge in [-0.1, -0.05) is 30.7 Å². The minimum atomic E-state index is -3.86. The van der Waals surface area contributed by atoms with Crippen molar-refractivity contribution in [3.63, 3.8) is 0 Å². The van der Waals surface area contributed by atoms with E-state index in [2.05, 4.69) is 0 Å². The number of ether oxygens (including phenoxy) is 1. The maximum atomic E-state index is 13.5. The van der Waals surface area contributed by atoms with Crippen molar-refractivity contribution in [2.24, 2.45) is 5.92 Å². The first kappa shape index (κ1) is 27.1. The van der Waals surface area contributed by atoms with Crippen LogP contribution in [0.2, 0.25) is 5.02 Å². The predicted octanol–water partition coefficient (Wildman–Crippen LogP) is 4.38. The topological polar surface area (TPSA) is 84.0 Å². The van der Waals surface area contributed by atoms with Crippen molar-refractivity contribution in [1.29, 1.82) is 0 Å². The molecule has 1 aliphatic rings. The molecule has 1 heterocycles. The van der Waals surface area contributed by atoms with E-state index in [-0.39, 0.29) is 22.9 Å². The van der Waals surface area contributed by atoms with Gasteiger partial charge in [0.15, 0.2) is 0 Å². The SMILES string of the molecule is CCOCCCN(Cc1ccc(Cl)cc1)S(=O)(=O)c1ccc(S(=O)(=O)N2CCC[C@H](C)C2)cc1. The lowest BCUT2D eigenvalue weighted by atomic mass is 10.0. The van der Waals surface area contributed by atoms with Crippen LogP contribution in [0.1, 0.15) is 38.7 Å². The molecule has 0 spiro atoms. The molecule has 1 saturated heterocycles. The highest BCUT2D eigenvalue weighted by atomic mass is 35.5. The van der Waals surface area contributed by atoms with E-state index in [9.17, 15) is 16.8 Å². The van der Waals surface area contributed by atoms with Gasteiger partial charge in [-0.25, -0.2) is 16.8 Å². The Kier molecular flexibility index (Phi) is 9.54. The minimum Gasteiger partial charge on any atom is -0.382 e. The molecule has 0 bridgehead atoms. The van der Waals surface area contributed by atoms with Crippen molar-refractivity contribution in [3.8, 4) is 0 Å². The van der Waals surface area contributed by atoms with Gasteiger partial charge in [-0.15, -0.1) is 0 Å². The first-order chi connectivity index (χ1) is 16.1. The maximum absolute atomic E-state index is 13.5. The van der Waals surface area contributed by atoms with Crippen LogP contribution in [0.25, 0.3) is 0 Å². The van der Waals surface area contributed by atoms with Crippen molar-refractivity contribution in [2.75, 3.05) is 32.8 Å². The molecule has 188 valence electrons. The van der Waals surface area contributed by atoms with Gasteiger partial charge in [0.25, 0.3) is 0 Å². The largest absolute Gasteiger partial charge is 0.382 e. The summed E-state index contributed by atoms with van der Waals surface area (Å²) in [6.45, 7) is 6.37. The molecule has 34 heavy (non-hydrogen) atoms. The van der Waals surface area contributed by atoms with E-state index in [1.165, 1.54) is 32.9 Å². The van der Waals surface area contributed by atoms with Crippen LogP contribution in [-0.2, 0) is 31.3 Å². The molecule has 0 aromatic heterocycles. The summed E-state index contributed by atoms with van der Waals surface area (Å²) < 4.78 is 61.3. The highest BCUT2D eigenvalue weighted by Crippen LogP contribution is 2.26. The molecular weight excluding hydrogens is 496 g/mol. The van der Waals surface area contributed by atoms with Crippen molar-refractivity contribution in [3.05, 3.63) is 59.1 Å². The van der Waals surface area contributed by atoms with Crippen molar-refractivity contribution in [1.82, 2.24) is 8.61 Å². The highest BCUT2D eigenvalue weighted by Gasteiger charge is 2.30. The summed E-state index contributed by atoms with van der Waals surface area (Å²) in [6.07, 6.45) is 2.38. The fourth-order valence-corrected chi connectivity index (χ4v) is 7.20. The molecule has 0 N–H and O–H groups in total. The Morgan fingerprint density at radius 1 is 1.03 bits per heavy atom. The van der Waals surface area contributed by atoms with Gasteiger partial charge in [0.05, 0.1) is 9.79 Å². The monoisotopic (exact) mass is 528 g/mol. The van der Waals surface area contributed by atoms with Crippen molar-refractivity contribution >= 4 is 31.6 Å². The van der Waals surface area contributed by atoms with E-state index in [4.69, 9.17) is 16.3 Å². The number of piperidine rings is 1. The summed E-state index contributed by atoms with van der Waals surface area (Å²) >= 11 is 5.97. The zero-order chi connectivity index (χ0) is 24.8. The molecule has 10 heteroatoms. The second-order valence-electron chi connectivity index (χ2n) is 8.60. The Balaban J connectivity index is 1.82. The summed E-state index contributed by atoms with van der Waals surface area (Å²) in [6, 6.07) is 12.6. The molecule has 2 aromatic rings. The lowest BCUT2D eigenvalue weighted by molar-refractivity contribution is 0.140. The number of hydrogen-bond acceptors (Lipinski definition) is 5. The average molecular weight is 529 g/mol. The van der Waals surface area contributed by atoms with E-state index in [1.807, 2.05) is 13.8 Å². The first-order valence-corrected chi connectivity index (χ1v) is 14.8. The van der Waals surface area contributed by atoms with Crippen molar-refractivity contribution in [2.45, 2.75) is 49.4 Å². The molecule has 7 nitrogen and oxygen atoms in total. The van der Waals surface area contributed by atoms with Crippen LogP contribution in [0.15, 0.2) is 58.3 Å². The normalized spacial score (nSPS) is 17.8. The lowest BCUT2D eigenvalue weighted by Gasteiger charge is -2.30. The Hall–Kier alpha value is -1.49. The van der Waals surface area contributed by atoms with E-state index in [1.54, 1.807) is 24.3 Å². The molecule has 1 fully saturated rings. The van der Waals surface area contributed by atoms with E-state index >= 15 is 0 Å². The molecule has 1 atom stereocenters. The van der Waals surface area contributed by atoms with Crippen LogP contribution in [0, 0.1) is 5.92 Å². The van der Waals surface area contributed by atoms with Crippen LogP contribution in [0.5, 0.6) is 0 Å². The number of rotatable bonds is 11. The third-order valence-corrected chi connectivity index (χ3v) is 9.88. The third kappa shape index (κ3) is 6.80. The van der Waals surface area contributed by atoms with Crippen LogP contribution >= 0.6 is 11.6 Å². The smallest absolute Gasteiger partial charge is 0.243 e. The van der Waals surface area contributed by atoms with Crippen LogP contribution in [0.3, 0.4) is 0 Å². The summed E-state index contributed by atoms with van der Waals surface area (Å²) in [5, 5.41) is 0.578. The van der Waals surface area contributed by atoms with Gasteiger partial charge in [0.2, 0.25) is 20.0 Å². The molecule has 2 aromatic carbocycles. The molecule has 0 aliphatic carbocycles. The molecular formula is C24H33ClN2O5S2. The average Bonchev–Trinajstić information content (AvgIpc) is 2.82.